The number of likely N-dealkylation sites (tertiary alicyclic amines) is 1. The highest BCUT2D eigenvalue weighted by molar-refractivity contribution is 6.31. The predicted octanol–water partition coefficient (Wildman–Crippen LogP) is 3.86. The summed E-state index contributed by atoms with van der Waals surface area (Å²) in [6.45, 7) is 10.3. The van der Waals surface area contributed by atoms with E-state index in [0.717, 1.165) is 24.8 Å². The van der Waals surface area contributed by atoms with Gasteiger partial charge in [-0.3, -0.25) is 14.4 Å². The van der Waals surface area contributed by atoms with Crippen LogP contribution >= 0.6 is 11.6 Å². The van der Waals surface area contributed by atoms with Gasteiger partial charge in [0.1, 0.15) is 11.6 Å². The number of benzene rings is 1. The van der Waals surface area contributed by atoms with E-state index in [0.29, 0.717) is 22.5 Å². The number of halogens is 1. The summed E-state index contributed by atoms with van der Waals surface area (Å²) in [6, 6.07) is 4.49. The number of anilines is 1. The second kappa shape index (κ2) is 9.34. The molecule has 0 unspecified atom stereocenters. The highest BCUT2D eigenvalue weighted by atomic mass is 35.5. The lowest BCUT2D eigenvalue weighted by Gasteiger charge is -2.37. The Labute approximate surface area is 217 Å². The number of aryl methyl sites for hydroxylation is 1. The van der Waals surface area contributed by atoms with E-state index in [2.05, 4.69) is 31.1 Å². The Balaban J connectivity index is 1.42. The molecule has 192 valence electrons. The third-order valence-electron chi connectivity index (χ3n) is 8.72. The van der Waals surface area contributed by atoms with Gasteiger partial charge in [-0.05, 0) is 42.9 Å². The van der Waals surface area contributed by atoms with Crippen molar-refractivity contribution in [3.8, 4) is 0 Å². The minimum Gasteiger partial charge on any atom is -0.359 e. The zero-order chi connectivity index (χ0) is 25.8. The molecule has 1 spiro atoms. The van der Waals surface area contributed by atoms with Crippen molar-refractivity contribution in [2.24, 2.45) is 23.7 Å². The van der Waals surface area contributed by atoms with Crippen LogP contribution in [0.3, 0.4) is 0 Å². The Hall–Kier alpha value is -2.64. The molecule has 3 aliphatic heterocycles. The van der Waals surface area contributed by atoms with E-state index in [1.54, 1.807) is 18.2 Å². The van der Waals surface area contributed by atoms with E-state index in [1.807, 2.05) is 25.1 Å². The van der Waals surface area contributed by atoms with Crippen LogP contribution in [0.15, 0.2) is 43.0 Å². The third kappa shape index (κ3) is 3.88. The van der Waals surface area contributed by atoms with Crippen molar-refractivity contribution in [2.45, 2.75) is 63.8 Å². The van der Waals surface area contributed by atoms with Gasteiger partial charge in [-0.1, -0.05) is 62.6 Å². The van der Waals surface area contributed by atoms with E-state index in [-0.39, 0.29) is 30.3 Å². The summed E-state index contributed by atoms with van der Waals surface area (Å²) in [4.78, 5) is 42.5. The lowest BCUT2D eigenvalue weighted by Crippen LogP contribution is -2.57. The van der Waals surface area contributed by atoms with Crippen LogP contribution in [0.4, 0.5) is 5.69 Å². The fraction of sp³-hybridized carbons (Fsp3) is 0.536. The molecule has 3 heterocycles. The highest BCUT2D eigenvalue weighted by Crippen LogP contribution is 2.55. The number of amides is 3. The van der Waals surface area contributed by atoms with Crippen LogP contribution in [0.1, 0.15) is 38.7 Å². The summed E-state index contributed by atoms with van der Waals surface area (Å²) in [5.74, 6) is -1.47. The van der Waals surface area contributed by atoms with Gasteiger partial charge in [0.15, 0.2) is 0 Å². The number of carbonyl (C=O) groups is 3. The zero-order valence-electron chi connectivity index (χ0n) is 21.0. The Kier molecular flexibility index (Phi) is 6.50. The van der Waals surface area contributed by atoms with Crippen molar-refractivity contribution in [1.29, 1.82) is 0 Å². The van der Waals surface area contributed by atoms with E-state index in [4.69, 9.17) is 16.3 Å². The van der Waals surface area contributed by atoms with Gasteiger partial charge in [0.05, 0.1) is 17.9 Å². The molecule has 1 aliphatic carbocycles. The minimum atomic E-state index is -1.18. The second-order valence-corrected chi connectivity index (χ2v) is 11.2. The normalized spacial score (nSPS) is 36.6. The molecule has 2 N–H and O–H groups in total. The number of fused-ring (bicyclic) bond motifs is 1. The van der Waals surface area contributed by atoms with Gasteiger partial charge in [-0.25, -0.2) is 0 Å². The Morgan fingerprint density at radius 1 is 1.28 bits per heavy atom. The number of rotatable bonds is 6. The smallest absolute Gasteiger partial charge is 0.246 e. The van der Waals surface area contributed by atoms with Crippen LogP contribution in [0, 0.1) is 30.6 Å². The standard InChI is InChI=1S/C28H34ClN3O4/c1-5-13-32-24(26(34)31-20-8-6-7-15(2)17(20)4)28-12-11-21(36-28)22(23(28)27(32)35)25(33)30-18-10-9-16(3)19(29)14-18/h5,9-12,14-15,17,20-24H,1,6-8,13H2,2-4H3,(H,30,33)(H,31,34)/t15-,17+,20+,21-,22+,23-,24-,28-/m0/s1. The van der Waals surface area contributed by atoms with Gasteiger partial charge < -0.3 is 20.3 Å². The predicted molar refractivity (Wildman–Crippen MR) is 138 cm³/mol. The van der Waals surface area contributed by atoms with Crippen molar-refractivity contribution in [3.63, 3.8) is 0 Å². The van der Waals surface area contributed by atoms with Crippen molar-refractivity contribution >= 4 is 35.0 Å². The first kappa shape index (κ1) is 25.0. The van der Waals surface area contributed by atoms with Crippen LogP contribution < -0.4 is 10.6 Å². The van der Waals surface area contributed by atoms with Gasteiger partial charge in [0.2, 0.25) is 17.7 Å². The first-order valence-corrected chi connectivity index (χ1v) is 13.2. The molecule has 7 nitrogen and oxygen atoms in total. The molecule has 8 atom stereocenters. The molecule has 4 aliphatic rings. The largest absolute Gasteiger partial charge is 0.359 e. The maximum Gasteiger partial charge on any atom is 0.246 e. The summed E-state index contributed by atoms with van der Waals surface area (Å²) in [6.07, 6.45) is 7.82. The molecule has 0 aromatic heterocycles. The Morgan fingerprint density at radius 2 is 2.06 bits per heavy atom. The summed E-state index contributed by atoms with van der Waals surface area (Å²) < 4.78 is 6.36. The van der Waals surface area contributed by atoms with Gasteiger partial charge >= 0.3 is 0 Å². The van der Waals surface area contributed by atoms with Crippen molar-refractivity contribution in [2.75, 3.05) is 11.9 Å². The Bertz CT molecular complexity index is 1140. The van der Waals surface area contributed by atoms with Crippen LogP contribution in [0.2, 0.25) is 5.02 Å². The maximum atomic E-state index is 13.8. The van der Waals surface area contributed by atoms with E-state index in [1.165, 1.54) is 4.90 Å². The van der Waals surface area contributed by atoms with E-state index >= 15 is 0 Å². The van der Waals surface area contributed by atoms with Gasteiger partial charge in [-0.15, -0.1) is 6.58 Å². The fourth-order valence-corrected chi connectivity index (χ4v) is 6.73. The third-order valence-corrected chi connectivity index (χ3v) is 9.13. The second-order valence-electron chi connectivity index (χ2n) is 10.8. The molecule has 1 aromatic rings. The number of hydrogen-bond acceptors (Lipinski definition) is 4. The monoisotopic (exact) mass is 511 g/mol. The average molecular weight is 512 g/mol. The number of hydrogen-bond donors (Lipinski definition) is 2. The van der Waals surface area contributed by atoms with Crippen LogP contribution in [0.5, 0.6) is 0 Å². The number of nitrogens with zero attached hydrogens (tertiary/aromatic N) is 1. The lowest BCUT2D eigenvalue weighted by atomic mass is 9.73. The zero-order valence-corrected chi connectivity index (χ0v) is 21.8. The molecule has 8 heteroatoms. The lowest BCUT2D eigenvalue weighted by molar-refractivity contribution is -0.141. The van der Waals surface area contributed by atoms with Crippen molar-refractivity contribution in [3.05, 3.63) is 53.6 Å². The molecular weight excluding hydrogens is 478 g/mol. The maximum absolute atomic E-state index is 13.8. The van der Waals surface area contributed by atoms with Gasteiger partial charge in [-0.2, -0.15) is 0 Å². The van der Waals surface area contributed by atoms with Gasteiger partial charge in [0, 0.05) is 23.3 Å². The molecule has 3 fully saturated rings. The van der Waals surface area contributed by atoms with Crippen LogP contribution in [-0.2, 0) is 19.1 Å². The summed E-state index contributed by atoms with van der Waals surface area (Å²) in [5.41, 5.74) is 0.284. The van der Waals surface area contributed by atoms with Crippen LogP contribution in [0.25, 0.3) is 0 Å². The highest BCUT2D eigenvalue weighted by Gasteiger charge is 2.72. The topological polar surface area (TPSA) is 87.7 Å². The number of carbonyl (C=O) groups excluding carboxylic acids is 3. The van der Waals surface area contributed by atoms with Crippen LogP contribution in [-0.4, -0.2) is 53.0 Å². The molecule has 0 radical (unpaired) electrons. The van der Waals surface area contributed by atoms with Crippen molar-refractivity contribution < 1.29 is 19.1 Å². The summed E-state index contributed by atoms with van der Waals surface area (Å²) in [5, 5.41) is 6.69. The SMILES string of the molecule is C=CCN1C(=O)[C@@H]2[C@H](C(=O)Nc3ccc(C)c(Cl)c3)[C@@H]3C=C[C@@]2(O3)[C@@H]1C(=O)N[C@@H]1CCC[C@H](C)[C@H]1C. The molecule has 2 saturated heterocycles. The molecule has 2 bridgehead atoms. The molecule has 36 heavy (non-hydrogen) atoms. The molecule has 1 saturated carbocycles. The Morgan fingerprint density at radius 3 is 2.78 bits per heavy atom. The summed E-state index contributed by atoms with van der Waals surface area (Å²) in [7, 11) is 0. The fourth-order valence-electron chi connectivity index (χ4n) is 6.55. The molecule has 1 aromatic carbocycles. The minimum absolute atomic E-state index is 0.0466. The van der Waals surface area contributed by atoms with E-state index < -0.39 is 29.6 Å². The molecule has 3 amide bonds. The first-order valence-electron chi connectivity index (χ1n) is 12.8. The summed E-state index contributed by atoms with van der Waals surface area (Å²) >= 11 is 6.24. The van der Waals surface area contributed by atoms with Gasteiger partial charge in [0.25, 0.3) is 0 Å². The first-order chi connectivity index (χ1) is 17.2. The molecule has 5 rings (SSSR count). The van der Waals surface area contributed by atoms with Crippen molar-refractivity contribution in [1.82, 2.24) is 10.2 Å². The quantitative estimate of drug-likeness (QED) is 0.568. The van der Waals surface area contributed by atoms with E-state index in [9.17, 15) is 14.4 Å². The molecular formula is C28H34ClN3O4. The average Bonchev–Trinajstić information content (AvgIpc) is 3.47. The number of nitrogens with one attached hydrogen (secondary N) is 2. The number of ether oxygens (including phenoxy) is 1.